The maximum atomic E-state index is 12.5. The third-order valence-electron chi connectivity index (χ3n) is 3.53. The van der Waals surface area contributed by atoms with Crippen molar-refractivity contribution in [2.75, 3.05) is 6.54 Å². The SMILES string of the molecule is NC[C@@H]1CC[C@H](CC(N)=O)N1C(=O)c1cncc(O)c1. The average Bonchev–Trinajstić information content (AvgIpc) is 2.79. The molecule has 2 atom stereocenters. The van der Waals surface area contributed by atoms with Gasteiger partial charge in [-0.1, -0.05) is 0 Å². The van der Waals surface area contributed by atoms with Crippen LogP contribution in [-0.4, -0.2) is 45.4 Å². The van der Waals surface area contributed by atoms with Crippen molar-refractivity contribution in [2.45, 2.75) is 31.3 Å². The van der Waals surface area contributed by atoms with Crippen LogP contribution in [0.4, 0.5) is 0 Å². The number of primary amides is 1. The van der Waals surface area contributed by atoms with Gasteiger partial charge in [0, 0.05) is 31.2 Å². The molecule has 0 unspecified atom stereocenters. The van der Waals surface area contributed by atoms with Crippen molar-refractivity contribution in [3.05, 3.63) is 24.0 Å². The molecule has 2 amide bonds. The number of likely N-dealkylation sites (tertiary alicyclic amines) is 1. The largest absolute Gasteiger partial charge is 0.506 e. The van der Waals surface area contributed by atoms with Crippen LogP contribution in [0.2, 0.25) is 0 Å². The molecule has 1 aliphatic heterocycles. The molecule has 108 valence electrons. The smallest absolute Gasteiger partial charge is 0.256 e. The van der Waals surface area contributed by atoms with E-state index < -0.39 is 5.91 Å². The highest BCUT2D eigenvalue weighted by Crippen LogP contribution is 2.28. The first-order valence-corrected chi connectivity index (χ1v) is 6.48. The van der Waals surface area contributed by atoms with E-state index in [-0.39, 0.29) is 35.7 Å². The Morgan fingerprint density at radius 2 is 2.05 bits per heavy atom. The highest BCUT2D eigenvalue weighted by atomic mass is 16.3. The molecule has 0 aromatic carbocycles. The first-order chi connectivity index (χ1) is 9.52. The van der Waals surface area contributed by atoms with Gasteiger partial charge in [0.15, 0.2) is 0 Å². The Kier molecular flexibility index (Phi) is 4.19. The lowest BCUT2D eigenvalue weighted by Crippen LogP contribution is -2.45. The number of nitrogens with zero attached hydrogens (tertiary/aromatic N) is 2. The topological polar surface area (TPSA) is 123 Å². The maximum absolute atomic E-state index is 12.5. The molecule has 1 fully saturated rings. The first kappa shape index (κ1) is 14.3. The predicted molar refractivity (Wildman–Crippen MR) is 71.7 cm³/mol. The zero-order chi connectivity index (χ0) is 14.7. The Labute approximate surface area is 116 Å². The number of hydrogen-bond acceptors (Lipinski definition) is 5. The summed E-state index contributed by atoms with van der Waals surface area (Å²) >= 11 is 0. The average molecular weight is 278 g/mol. The first-order valence-electron chi connectivity index (χ1n) is 6.48. The summed E-state index contributed by atoms with van der Waals surface area (Å²) in [6.45, 7) is 0.327. The van der Waals surface area contributed by atoms with Gasteiger partial charge in [0.05, 0.1) is 11.8 Å². The minimum atomic E-state index is -0.445. The van der Waals surface area contributed by atoms with E-state index in [1.165, 1.54) is 18.5 Å². The van der Waals surface area contributed by atoms with Gasteiger partial charge in [0.25, 0.3) is 5.91 Å². The lowest BCUT2D eigenvalue weighted by atomic mass is 10.1. The summed E-state index contributed by atoms with van der Waals surface area (Å²) in [5.74, 6) is -0.807. The number of carbonyl (C=O) groups is 2. The fourth-order valence-corrected chi connectivity index (χ4v) is 2.65. The molecule has 0 radical (unpaired) electrons. The highest BCUT2D eigenvalue weighted by Gasteiger charge is 2.37. The van der Waals surface area contributed by atoms with Gasteiger partial charge in [0.2, 0.25) is 5.91 Å². The Hall–Kier alpha value is -2.15. The van der Waals surface area contributed by atoms with Gasteiger partial charge in [-0.05, 0) is 18.9 Å². The monoisotopic (exact) mass is 278 g/mol. The molecule has 0 bridgehead atoms. The molecule has 5 N–H and O–H groups in total. The van der Waals surface area contributed by atoms with Gasteiger partial charge >= 0.3 is 0 Å². The van der Waals surface area contributed by atoms with E-state index in [2.05, 4.69) is 4.98 Å². The zero-order valence-electron chi connectivity index (χ0n) is 11.0. The van der Waals surface area contributed by atoms with Gasteiger partial charge in [-0.15, -0.1) is 0 Å². The summed E-state index contributed by atoms with van der Waals surface area (Å²) in [6.07, 6.45) is 4.20. The van der Waals surface area contributed by atoms with Gasteiger partial charge in [-0.3, -0.25) is 14.6 Å². The van der Waals surface area contributed by atoms with E-state index in [1.54, 1.807) is 4.90 Å². The molecule has 1 aliphatic rings. The maximum Gasteiger partial charge on any atom is 0.256 e. The van der Waals surface area contributed by atoms with E-state index in [0.717, 1.165) is 6.42 Å². The number of aromatic nitrogens is 1. The van der Waals surface area contributed by atoms with Crippen LogP contribution < -0.4 is 11.5 Å². The number of hydrogen-bond donors (Lipinski definition) is 3. The second kappa shape index (κ2) is 5.87. The van der Waals surface area contributed by atoms with E-state index in [1.807, 2.05) is 0 Å². The van der Waals surface area contributed by atoms with Crippen molar-refractivity contribution in [3.63, 3.8) is 0 Å². The van der Waals surface area contributed by atoms with Gasteiger partial charge in [-0.25, -0.2) is 0 Å². The lowest BCUT2D eigenvalue weighted by Gasteiger charge is -2.29. The molecule has 0 aliphatic carbocycles. The van der Waals surface area contributed by atoms with Crippen molar-refractivity contribution in [2.24, 2.45) is 11.5 Å². The summed E-state index contributed by atoms with van der Waals surface area (Å²) in [4.78, 5) is 29.0. The van der Waals surface area contributed by atoms with Crippen LogP contribution in [0.1, 0.15) is 29.6 Å². The standard InChI is InChI=1S/C13H18N4O3/c14-5-10-2-1-9(4-12(15)19)17(10)13(20)8-3-11(18)7-16-6-8/h3,6-7,9-10,18H,1-2,4-5,14H2,(H2,15,19)/t9-,10+/m1/s1. The molecule has 0 spiro atoms. The molecule has 7 nitrogen and oxygen atoms in total. The van der Waals surface area contributed by atoms with E-state index in [0.29, 0.717) is 13.0 Å². The van der Waals surface area contributed by atoms with Crippen LogP contribution in [0.25, 0.3) is 0 Å². The fourth-order valence-electron chi connectivity index (χ4n) is 2.65. The van der Waals surface area contributed by atoms with Crippen LogP contribution >= 0.6 is 0 Å². The summed E-state index contributed by atoms with van der Waals surface area (Å²) in [5.41, 5.74) is 11.2. The molecule has 7 heteroatoms. The quantitative estimate of drug-likeness (QED) is 0.691. The highest BCUT2D eigenvalue weighted by molar-refractivity contribution is 5.95. The third-order valence-corrected chi connectivity index (χ3v) is 3.53. The number of carbonyl (C=O) groups excluding carboxylic acids is 2. The minimum absolute atomic E-state index is 0.0780. The van der Waals surface area contributed by atoms with Crippen molar-refractivity contribution < 1.29 is 14.7 Å². The van der Waals surface area contributed by atoms with Gasteiger partial charge < -0.3 is 21.5 Å². The molecule has 2 rings (SSSR count). The minimum Gasteiger partial charge on any atom is -0.506 e. The van der Waals surface area contributed by atoms with Crippen LogP contribution in [0.15, 0.2) is 18.5 Å². The fraction of sp³-hybridized carbons (Fsp3) is 0.462. The second-order valence-corrected chi connectivity index (χ2v) is 4.94. The lowest BCUT2D eigenvalue weighted by molar-refractivity contribution is -0.118. The van der Waals surface area contributed by atoms with Crippen LogP contribution in [0.3, 0.4) is 0 Å². The van der Waals surface area contributed by atoms with E-state index in [9.17, 15) is 14.7 Å². The number of pyridine rings is 1. The Bertz CT molecular complexity index is 520. The van der Waals surface area contributed by atoms with Crippen molar-refractivity contribution >= 4 is 11.8 Å². The molecule has 0 saturated carbocycles. The van der Waals surface area contributed by atoms with E-state index in [4.69, 9.17) is 11.5 Å². The second-order valence-electron chi connectivity index (χ2n) is 4.94. The Morgan fingerprint density at radius 3 is 2.65 bits per heavy atom. The predicted octanol–water partition coefficient (Wildman–Crippen LogP) is -0.406. The summed E-state index contributed by atoms with van der Waals surface area (Å²) < 4.78 is 0. The zero-order valence-corrected chi connectivity index (χ0v) is 11.0. The van der Waals surface area contributed by atoms with Crippen molar-refractivity contribution in [3.8, 4) is 5.75 Å². The Morgan fingerprint density at radius 1 is 1.35 bits per heavy atom. The molecule has 20 heavy (non-hydrogen) atoms. The number of nitrogens with two attached hydrogens (primary N) is 2. The molecule has 1 saturated heterocycles. The van der Waals surface area contributed by atoms with Crippen LogP contribution in [0, 0.1) is 0 Å². The molecular weight excluding hydrogens is 260 g/mol. The number of aromatic hydroxyl groups is 1. The number of amides is 2. The van der Waals surface area contributed by atoms with Crippen molar-refractivity contribution in [1.82, 2.24) is 9.88 Å². The van der Waals surface area contributed by atoms with Crippen molar-refractivity contribution in [1.29, 1.82) is 0 Å². The summed E-state index contributed by atoms with van der Waals surface area (Å²) in [5, 5.41) is 9.41. The molecular formula is C13H18N4O3. The third kappa shape index (κ3) is 2.88. The molecule has 1 aromatic heterocycles. The molecule has 2 heterocycles. The van der Waals surface area contributed by atoms with E-state index >= 15 is 0 Å². The van der Waals surface area contributed by atoms with Crippen LogP contribution in [-0.2, 0) is 4.79 Å². The Balaban J connectivity index is 2.25. The van der Waals surface area contributed by atoms with Gasteiger partial charge in [0.1, 0.15) is 5.75 Å². The normalized spacial score (nSPS) is 21.9. The number of rotatable bonds is 4. The van der Waals surface area contributed by atoms with Gasteiger partial charge in [-0.2, -0.15) is 0 Å². The summed E-state index contributed by atoms with van der Waals surface area (Å²) in [7, 11) is 0. The summed E-state index contributed by atoms with van der Waals surface area (Å²) in [6, 6.07) is 0.993. The molecule has 1 aromatic rings. The van der Waals surface area contributed by atoms with Crippen LogP contribution in [0.5, 0.6) is 5.75 Å².